The SMILES string of the molecule is C=C/C=C(\C=C/C)c1c(-c2ccc(F)cc2)nn2cc(C#N)ccc12. The molecule has 4 heteroatoms. The van der Waals surface area contributed by atoms with Crippen molar-refractivity contribution in [1.82, 2.24) is 9.61 Å². The number of benzene rings is 1. The summed E-state index contributed by atoms with van der Waals surface area (Å²) in [5, 5.41) is 13.8. The predicted octanol–water partition coefficient (Wildman–Crippen LogP) is 5.16. The second-order valence-corrected chi connectivity index (χ2v) is 5.45. The molecule has 0 aliphatic carbocycles. The maximum Gasteiger partial charge on any atom is 0.123 e. The molecule has 0 spiro atoms. The van der Waals surface area contributed by atoms with Crippen LogP contribution in [0.4, 0.5) is 4.39 Å². The van der Waals surface area contributed by atoms with Gasteiger partial charge >= 0.3 is 0 Å². The van der Waals surface area contributed by atoms with E-state index in [1.54, 1.807) is 35.0 Å². The van der Waals surface area contributed by atoms with Crippen molar-refractivity contribution in [2.45, 2.75) is 6.92 Å². The van der Waals surface area contributed by atoms with E-state index >= 15 is 0 Å². The van der Waals surface area contributed by atoms with Gasteiger partial charge in [0.15, 0.2) is 0 Å². The maximum absolute atomic E-state index is 13.3. The van der Waals surface area contributed by atoms with Gasteiger partial charge < -0.3 is 0 Å². The van der Waals surface area contributed by atoms with Crippen molar-refractivity contribution in [1.29, 1.82) is 5.26 Å². The molecular weight excluding hydrogens is 313 g/mol. The van der Waals surface area contributed by atoms with Crippen LogP contribution in [0.2, 0.25) is 0 Å². The van der Waals surface area contributed by atoms with Gasteiger partial charge in [-0.1, -0.05) is 30.9 Å². The largest absolute Gasteiger partial charge is 0.238 e. The Labute approximate surface area is 145 Å². The Balaban J connectivity index is 2.36. The average Bonchev–Trinajstić information content (AvgIpc) is 3.00. The van der Waals surface area contributed by atoms with E-state index in [2.05, 4.69) is 17.7 Å². The summed E-state index contributed by atoms with van der Waals surface area (Å²) in [6.45, 7) is 5.72. The van der Waals surface area contributed by atoms with Crippen LogP contribution in [0.1, 0.15) is 18.1 Å². The summed E-state index contributed by atoms with van der Waals surface area (Å²) in [6, 6.07) is 12.0. The molecule has 25 heavy (non-hydrogen) atoms. The summed E-state index contributed by atoms with van der Waals surface area (Å²) in [5.41, 5.74) is 4.77. The van der Waals surface area contributed by atoms with Crippen LogP contribution < -0.4 is 0 Å². The number of aromatic nitrogens is 2. The highest BCUT2D eigenvalue weighted by Crippen LogP contribution is 2.33. The number of halogens is 1. The van der Waals surface area contributed by atoms with Crippen LogP contribution in [0, 0.1) is 17.1 Å². The summed E-state index contributed by atoms with van der Waals surface area (Å²) in [4.78, 5) is 0. The van der Waals surface area contributed by atoms with Crippen LogP contribution in [0.3, 0.4) is 0 Å². The molecule has 0 aliphatic heterocycles. The van der Waals surface area contributed by atoms with Gasteiger partial charge in [0.05, 0.1) is 11.1 Å². The fraction of sp³-hybridized carbons (Fsp3) is 0.0476. The van der Waals surface area contributed by atoms with Crippen molar-refractivity contribution in [3.63, 3.8) is 0 Å². The Bertz CT molecular complexity index is 1030. The zero-order valence-electron chi connectivity index (χ0n) is 13.8. The van der Waals surface area contributed by atoms with Crippen molar-refractivity contribution < 1.29 is 4.39 Å². The summed E-state index contributed by atoms with van der Waals surface area (Å²) in [7, 11) is 0. The molecule has 3 nitrogen and oxygen atoms in total. The third kappa shape index (κ3) is 3.13. The van der Waals surface area contributed by atoms with E-state index in [0.29, 0.717) is 5.56 Å². The normalized spacial score (nSPS) is 11.8. The highest BCUT2D eigenvalue weighted by atomic mass is 19.1. The number of hydrogen-bond acceptors (Lipinski definition) is 2. The van der Waals surface area contributed by atoms with Gasteiger partial charge in [0.2, 0.25) is 0 Å². The second-order valence-electron chi connectivity index (χ2n) is 5.45. The zero-order valence-corrected chi connectivity index (χ0v) is 13.8. The first-order valence-corrected chi connectivity index (χ1v) is 7.82. The number of allylic oxidation sites excluding steroid dienone is 5. The van der Waals surface area contributed by atoms with Crippen molar-refractivity contribution in [3.05, 3.63) is 90.4 Å². The number of nitriles is 1. The average molecular weight is 329 g/mol. The zero-order chi connectivity index (χ0) is 17.8. The van der Waals surface area contributed by atoms with Gasteiger partial charge in [-0.3, -0.25) is 0 Å². The summed E-state index contributed by atoms with van der Waals surface area (Å²) in [6.07, 6.45) is 9.23. The summed E-state index contributed by atoms with van der Waals surface area (Å²) < 4.78 is 15.0. The van der Waals surface area contributed by atoms with Gasteiger partial charge in [-0.15, -0.1) is 0 Å². The van der Waals surface area contributed by atoms with E-state index in [-0.39, 0.29) is 5.82 Å². The van der Waals surface area contributed by atoms with Crippen molar-refractivity contribution >= 4 is 11.1 Å². The van der Waals surface area contributed by atoms with E-state index in [1.807, 2.05) is 31.2 Å². The molecule has 2 aromatic heterocycles. The lowest BCUT2D eigenvalue weighted by atomic mass is 9.98. The standard InChI is InChI=1S/C21H16FN3/c1-3-5-16(6-4-2)20-19-12-7-15(13-23)14-25(19)24-21(20)17-8-10-18(22)11-9-17/h3-12,14H,1H2,2H3/b6-4-,16-5+. The number of nitrogens with zero attached hydrogens (tertiary/aromatic N) is 3. The lowest BCUT2D eigenvalue weighted by Crippen LogP contribution is -1.88. The van der Waals surface area contributed by atoms with Crippen LogP contribution in [-0.4, -0.2) is 9.61 Å². The number of rotatable bonds is 4. The molecular formula is C21H16FN3. The Morgan fingerprint density at radius 1 is 1.24 bits per heavy atom. The molecule has 2 heterocycles. The molecule has 0 fully saturated rings. The van der Waals surface area contributed by atoms with E-state index in [0.717, 1.165) is 27.9 Å². The van der Waals surface area contributed by atoms with E-state index in [1.165, 1.54) is 12.1 Å². The molecule has 1 aromatic carbocycles. The van der Waals surface area contributed by atoms with Crippen LogP contribution in [0.25, 0.3) is 22.3 Å². The fourth-order valence-electron chi connectivity index (χ4n) is 2.74. The van der Waals surface area contributed by atoms with Crippen LogP contribution in [-0.2, 0) is 0 Å². The fourth-order valence-corrected chi connectivity index (χ4v) is 2.74. The highest BCUT2D eigenvalue weighted by molar-refractivity contribution is 5.92. The first kappa shape index (κ1) is 16.4. The third-order valence-corrected chi connectivity index (χ3v) is 3.81. The van der Waals surface area contributed by atoms with Crippen molar-refractivity contribution in [2.24, 2.45) is 0 Å². The lowest BCUT2D eigenvalue weighted by molar-refractivity contribution is 0.628. The quantitative estimate of drug-likeness (QED) is 0.621. The second kappa shape index (κ2) is 6.98. The molecule has 0 amide bonds. The molecule has 3 aromatic rings. The first-order chi connectivity index (χ1) is 12.2. The van der Waals surface area contributed by atoms with Gasteiger partial charge in [0.25, 0.3) is 0 Å². The Hall–Kier alpha value is -3.45. The number of fused-ring (bicyclic) bond motifs is 1. The summed E-state index contributed by atoms with van der Waals surface area (Å²) in [5.74, 6) is -0.295. The van der Waals surface area contributed by atoms with Gasteiger partial charge in [0.1, 0.15) is 17.6 Å². The minimum atomic E-state index is -0.295. The summed E-state index contributed by atoms with van der Waals surface area (Å²) >= 11 is 0. The van der Waals surface area contributed by atoms with Crippen LogP contribution in [0.5, 0.6) is 0 Å². The predicted molar refractivity (Wildman–Crippen MR) is 98.3 cm³/mol. The minimum Gasteiger partial charge on any atom is -0.238 e. The maximum atomic E-state index is 13.3. The molecule has 0 saturated heterocycles. The Morgan fingerprint density at radius 2 is 2.00 bits per heavy atom. The van der Waals surface area contributed by atoms with Crippen LogP contribution >= 0.6 is 0 Å². The molecule has 0 saturated carbocycles. The van der Waals surface area contributed by atoms with Crippen molar-refractivity contribution in [2.75, 3.05) is 0 Å². The van der Waals surface area contributed by atoms with Gasteiger partial charge in [-0.2, -0.15) is 10.4 Å². The molecule has 0 atom stereocenters. The molecule has 122 valence electrons. The third-order valence-electron chi connectivity index (χ3n) is 3.81. The Kier molecular flexibility index (Phi) is 4.58. The highest BCUT2D eigenvalue weighted by Gasteiger charge is 2.17. The monoisotopic (exact) mass is 329 g/mol. The van der Waals surface area contributed by atoms with E-state index < -0.39 is 0 Å². The van der Waals surface area contributed by atoms with E-state index in [9.17, 15) is 4.39 Å². The molecule has 3 rings (SSSR count). The topological polar surface area (TPSA) is 41.1 Å². The molecule has 0 bridgehead atoms. The molecule has 0 unspecified atom stereocenters. The van der Waals surface area contributed by atoms with Gasteiger partial charge in [0, 0.05) is 17.3 Å². The molecule has 0 N–H and O–H groups in total. The minimum absolute atomic E-state index is 0.295. The lowest BCUT2D eigenvalue weighted by Gasteiger charge is -2.05. The van der Waals surface area contributed by atoms with Gasteiger partial charge in [-0.05, 0) is 48.9 Å². The number of hydrogen-bond donors (Lipinski definition) is 0. The number of pyridine rings is 1. The smallest absolute Gasteiger partial charge is 0.123 e. The molecule has 0 aliphatic rings. The van der Waals surface area contributed by atoms with Gasteiger partial charge in [-0.25, -0.2) is 8.91 Å². The van der Waals surface area contributed by atoms with Crippen molar-refractivity contribution in [3.8, 4) is 17.3 Å². The van der Waals surface area contributed by atoms with Crippen LogP contribution in [0.15, 0.2) is 73.5 Å². The first-order valence-electron chi connectivity index (χ1n) is 7.82. The van der Waals surface area contributed by atoms with E-state index in [4.69, 9.17) is 5.26 Å². The molecule has 0 radical (unpaired) electrons. The Morgan fingerprint density at radius 3 is 2.64 bits per heavy atom.